The molecule has 29 heavy (non-hydrogen) atoms. The summed E-state index contributed by atoms with van der Waals surface area (Å²) in [6.07, 6.45) is 1.50. The minimum Gasteiger partial charge on any atom is -0.482 e. The summed E-state index contributed by atoms with van der Waals surface area (Å²) in [5.74, 6) is -0.773. The van der Waals surface area contributed by atoms with Gasteiger partial charge in [-0.2, -0.15) is 0 Å². The number of nitrogens with zero attached hydrogens (tertiary/aromatic N) is 2. The Morgan fingerprint density at radius 3 is 2.62 bits per heavy atom. The largest absolute Gasteiger partial charge is 0.482 e. The molecule has 0 atom stereocenters. The number of hydrogen-bond acceptors (Lipinski definition) is 8. The van der Waals surface area contributed by atoms with Crippen molar-refractivity contribution in [3.05, 3.63) is 74.4 Å². The Morgan fingerprint density at radius 1 is 1.28 bits per heavy atom. The average molecular weight is 417 g/mol. The van der Waals surface area contributed by atoms with Gasteiger partial charge in [-0.15, -0.1) is 0 Å². The highest BCUT2D eigenvalue weighted by molar-refractivity contribution is 6.34. The van der Waals surface area contributed by atoms with Gasteiger partial charge in [-0.25, -0.2) is 14.6 Å². The topological polar surface area (TPSA) is 117 Å². The molecule has 0 aromatic heterocycles. The first-order valence-corrected chi connectivity index (χ1v) is 8.51. The van der Waals surface area contributed by atoms with Crippen LogP contribution in [0.1, 0.15) is 11.1 Å². The van der Waals surface area contributed by atoms with Crippen molar-refractivity contribution in [3.63, 3.8) is 0 Å². The molecule has 9 nitrogen and oxygen atoms in total. The van der Waals surface area contributed by atoms with E-state index >= 15 is 0 Å². The van der Waals surface area contributed by atoms with Gasteiger partial charge < -0.3 is 14.2 Å². The standard InChI is InChI=1S/C19H13ClN2O7/c1-27-17(23)10-28-13-5-2-11(3-6-13)8-16-19(24)29-18(21-16)14-7-4-12(22(25)26)9-15(14)20/h2-9H,10H2,1H3/b16-8-. The summed E-state index contributed by atoms with van der Waals surface area (Å²) in [4.78, 5) is 37.5. The number of methoxy groups -OCH3 is 1. The van der Waals surface area contributed by atoms with Crippen LogP contribution in [0.4, 0.5) is 5.69 Å². The number of rotatable bonds is 6. The van der Waals surface area contributed by atoms with E-state index in [2.05, 4.69) is 9.73 Å². The number of aliphatic imine (C=N–C) groups is 1. The Balaban J connectivity index is 1.78. The van der Waals surface area contributed by atoms with E-state index in [0.29, 0.717) is 11.3 Å². The predicted octanol–water partition coefficient (Wildman–Crippen LogP) is 3.14. The molecule has 2 aromatic carbocycles. The number of hydrogen-bond donors (Lipinski definition) is 0. The molecule has 0 amide bonds. The number of esters is 2. The summed E-state index contributed by atoms with van der Waals surface area (Å²) in [7, 11) is 1.26. The number of ether oxygens (including phenoxy) is 3. The SMILES string of the molecule is COC(=O)COc1ccc(/C=C2\N=C(c3ccc([N+](=O)[O-])cc3Cl)OC2=O)cc1. The van der Waals surface area contributed by atoms with Crippen LogP contribution in [0.25, 0.3) is 6.08 Å². The van der Waals surface area contributed by atoms with Gasteiger partial charge >= 0.3 is 11.9 Å². The third kappa shape index (κ3) is 4.77. The van der Waals surface area contributed by atoms with Crippen LogP contribution in [-0.2, 0) is 19.1 Å². The highest BCUT2D eigenvalue weighted by Gasteiger charge is 2.26. The van der Waals surface area contributed by atoms with Gasteiger partial charge in [0.25, 0.3) is 5.69 Å². The maximum absolute atomic E-state index is 12.1. The molecule has 0 N–H and O–H groups in total. The second-order valence-corrected chi connectivity index (χ2v) is 6.10. The Bertz CT molecular complexity index is 1050. The van der Waals surface area contributed by atoms with Crippen LogP contribution < -0.4 is 4.74 Å². The highest BCUT2D eigenvalue weighted by Crippen LogP contribution is 2.27. The molecule has 2 aromatic rings. The lowest BCUT2D eigenvalue weighted by Crippen LogP contribution is -2.12. The fraction of sp³-hybridized carbons (Fsp3) is 0.105. The summed E-state index contributed by atoms with van der Waals surface area (Å²) >= 11 is 6.05. The quantitative estimate of drug-likeness (QED) is 0.307. The van der Waals surface area contributed by atoms with Crippen molar-refractivity contribution in [1.29, 1.82) is 0 Å². The van der Waals surface area contributed by atoms with Crippen molar-refractivity contribution < 1.29 is 28.7 Å². The first-order valence-electron chi connectivity index (χ1n) is 8.14. The molecule has 0 spiro atoms. The number of nitro benzene ring substituents is 1. The smallest absolute Gasteiger partial charge is 0.363 e. The third-order valence-corrected chi connectivity index (χ3v) is 4.09. The van der Waals surface area contributed by atoms with Crippen LogP contribution in [0.15, 0.2) is 53.2 Å². The minimum absolute atomic E-state index is 0.0395. The molecule has 1 aliphatic heterocycles. The lowest BCUT2D eigenvalue weighted by molar-refractivity contribution is -0.384. The molecule has 10 heteroatoms. The van der Waals surface area contributed by atoms with E-state index in [1.807, 2.05) is 0 Å². The molecule has 0 saturated heterocycles. The van der Waals surface area contributed by atoms with Gasteiger partial charge in [0.1, 0.15) is 5.75 Å². The Morgan fingerprint density at radius 2 is 2.00 bits per heavy atom. The van der Waals surface area contributed by atoms with Gasteiger partial charge in [-0.3, -0.25) is 10.1 Å². The first kappa shape index (κ1) is 20.0. The normalized spacial score (nSPS) is 14.3. The van der Waals surface area contributed by atoms with E-state index in [4.69, 9.17) is 21.1 Å². The van der Waals surface area contributed by atoms with Crippen molar-refractivity contribution in [1.82, 2.24) is 0 Å². The monoisotopic (exact) mass is 416 g/mol. The van der Waals surface area contributed by atoms with E-state index in [0.717, 1.165) is 6.07 Å². The molecule has 1 heterocycles. The van der Waals surface area contributed by atoms with Crippen molar-refractivity contribution >= 4 is 41.2 Å². The molecule has 0 fully saturated rings. The van der Waals surface area contributed by atoms with E-state index < -0.39 is 16.9 Å². The lowest BCUT2D eigenvalue weighted by Gasteiger charge is -2.04. The van der Waals surface area contributed by atoms with Crippen molar-refractivity contribution in [2.45, 2.75) is 0 Å². The van der Waals surface area contributed by atoms with Gasteiger partial charge in [-0.05, 0) is 29.8 Å². The molecular weight excluding hydrogens is 404 g/mol. The van der Waals surface area contributed by atoms with Crippen LogP contribution in [0.3, 0.4) is 0 Å². The molecule has 1 aliphatic rings. The summed E-state index contributed by atoms with van der Waals surface area (Å²) < 4.78 is 14.9. The highest BCUT2D eigenvalue weighted by atomic mass is 35.5. The molecule has 0 saturated carbocycles. The number of non-ortho nitro benzene ring substituents is 1. The zero-order chi connectivity index (χ0) is 21.0. The van der Waals surface area contributed by atoms with Gasteiger partial charge in [0, 0.05) is 12.1 Å². The number of benzene rings is 2. The first-order chi connectivity index (χ1) is 13.9. The lowest BCUT2D eigenvalue weighted by atomic mass is 10.2. The fourth-order valence-electron chi connectivity index (χ4n) is 2.33. The molecule has 0 aliphatic carbocycles. The Kier molecular flexibility index (Phi) is 5.89. The number of nitro groups is 1. The fourth-order valence-corrected chi connectivity index (χ4v) is 2.59. The Hall–Kier alpha value is -3.72. The third-order valence-electron chi connectivity index (χ3n) is 3.78. The van der Waals surface area contributed by atoms with Gasteiger partial charge in [0.15, 0.2) is 12.3 Å². The maximum Gasteiger partial charge on any atom is 0.363 e. The number of carbonyl (C=O) groups excluding carboxylic acids is 2. The minimum atomic E-state index is -0.680. The molecule has 0 radical (unpaired) electrons. The molecule has 148 valence electrons. The molecule has 3 rings (SSSR count). The van der Waals surface area contributed by atoms with Crippen molar-refractivity contribution in [2.75, 3.05) is 13.7 Å². The molecule has 0 bridgehead atoms. The van der Waals surface area contributed by atoms with Crippen LogP contribution in [-0.4, -0.2) is 36.5 Å². The Labute approximate surface area is 169 Å². The summed E-state index contributed by atoms with van der Waals surface area (Å²) in [5, 5.41) is 10.8. The van der Waals surface area contributed by atoms with Crippen LogP contribution in [0.2, 0.25) is 5.02 Å². The van der Waals surface area contributed by atoms with E-state index in [-0.39, 0.29) is 34.5 Å². The summed E-state index contributed by atoms with van der Waals surface area (Å²) in [6, 6.07) is 10.3. The van der Waals surface area contributed by atoms with Crippen LogP contribution in [0, 0.1) is 10.1 Å². The van der Waals surface area contributed by atoms with Crippen LogP contribution in [0.5, 0.6) is 5.75 Å². The number of halogens is 1. The van der Waals surface area contributed by atoms with Crippen molar-refractivity contribution in [2.24, 2.45) is 4.99 Å². The van der Waals surface area contributed by atoms with E-state index in [9.17, 15) is 19.7 Å². The number of carbonyl (C=O) groups is 2. The summed E-state index contributed by atoms with van der Waals surface area (Å²) in [6.45, 7) is -0.215. The molecular formula is C19H13ClN2O7. The average Bonchev–Trinajstić information content (AvgIpc) is 3.06. The maximum atomic E-state index is 12.1. The van der Waals surface area contributed by atoms with Gasteiger partial charge in [0.05, 0.1) is 22.6 Å². The van der Waals surface area contributed by atoms with Gasteiger partial charge in [-0.1, -0.05) is 23.7 Å². The predicted molar refractivity (Wildman–Crippen MR) is 103 cm³/mol. The summed E-state index contributed by atoms with van der Waals surface area (Å²) in [5.41, 5.74) is 0.759. The second-order valence-electron chi connectivity index (χ2n) is 5.69. The zero-order valence-corrected chi connectivity index (χ0v) is 15.7. The van der Waals surface area contributed by atoms with E-state index in [1.165, 1.54) is 25.3 Å². The van der Waals surface area contributed by atoms with Crippen LogP contribution >= 0.6 is 11.6 Å². The van der Waals surface area contributed by atoms with Gasteiger partial charge in [0.2, 0.25) is 5.90 Å². The van der Waals surface area contributed by atoms with E-state index in [1.54, 1.807) is 24.3 Å². The van der Waals surface area contributed by atoms with Crippen molar-refractivity contribution in [3.8, 4) is 5.75 Å². The number of cyclic esters (lactones) is 1. The second kappa shape index (κ2) is 8.53. The molecule has 0 unspecified atom stereocenters. The zero-order valence-electron chi connectivity index (χ0n) is 15.0.